The number of rotatable bonds is 6. The van der Waals surface area contributed by atoms with Crippen molar-refractivity contribution in [2.75, 3.05) is 25.6 Å². The molecule has 6 heteroatoms. The van der Waals surface area contributed by atoms with Gasteiger partial charge in [-0.2, -0.15) is 5.26 Å². The van der Waals surface area contributed by atoms with Crippen molar-refractivity contribution < 1.29 is 19.0 Å². The zero-order valence-electron chi connectivity index (χ0n) is 14.5. The minimum absolute atomic E-state index is 0.151. The van der Waals surface area contributed by atoms with Gasteiger partial charge < -0.3 is 19.5 Å². The van der Waals surface area contributed by atoms with Gasteiger partial charge in [0.2, 0.25) is 0 Å². The summed E-state index contributed by atoms with van der Waals surface area (Å²) in [7, 11) is 1.51. The van der Waals surface area contributed by atoms with E-state index in [0.717, 1.165) is 19.4 Å². The zero-order valence-corrected chi connectivity index (χ0v) is 14.5. The molecule has 1 aliphatic rings. The Labute approximate surface area is 152 Å². The maximum atomic E-state index is 12.4. The van der Waals surface area contributed by atoms with Crippen LogP contribution in [0.4, 0.5) is 5.69 Å². The number of nitrogens with one attached hydrogen (secondary N) is 1. The molecule has 1 unspecified atom stereocenters. The van der Waals surface area contributed by atoms with Crippen LogP contribution in [0, 0.1) is 11.3 Å². The van der Waals surface area contributed by atoms with Crippen molar-refractivity contribution in [1.29, 1.82) is 5.26 Å². The van der Waals surface area contributed by atoms with Gasteiger partial charge in [0.05, 0.1) is 30.5 Å². The van der Waals surface area contributed by atoms with Gasteiger partial charge >= 0.3 is 0 Å². The van der Waals surface area contributed by atoms with E-state index >= 15 is 0 Å². The normalized spacial score (nSPS) is 15.9. The van der Waals surface area contributed by atoms with Crippen LogP contribution in [-0.4, -0.2) is 32.3 Å². The van der Waals surface area contributed by atoms with Gasteiger partial charge in [-0.15, -0.1) is 0 Å². The molecule has 26 heavy (non-hydrogen) atoms. The van der Waals surface area contributed by atoms with Crippen LogP contribution in [0.2, 0.25) is 0 Å². The monoisotopic (exact) mass is 352 g/mol. The van der Waals surface area contributed by atoms with Crippen molar-refractivity contribution in [1.82, 2.24) is 0 Å². The predicted octanol–water partition coefficient (Wildman–Crippen LogP) is 3.38. The first-order valence-corrected chi connectivity index (χ1v) is 8.43. The summed E-state index contributed by atoms with van der Waals surface area (Å²) in [5.41, 5.74) is 1.38. The number of hydrogen-bond donors (Lipinski definition) is 1. The highest BCUT2D eigenvalue weighted by atomic mass is 16.5. The van der Waals surface area contributed by atoms with Gasteiger partial charge in [-0.1, -0.05) is 0 Å². The number of carbonyl (C=O) groups is 1. The van der Waals surface area contributed by atoms with E-state index < -0.39 is 0 Å². The van der Waals surface area contributed by atoms with Crippen LogP contribution in [0.3, 0.4) is 0 Å². The predicted molar refractivity (Wildman–Crippen MR) is 96.6 cm³/mol. The van der Waals surface area contributed by atoms with E-state index in [2.05, 4.69) is 5.32 Å². The molecule has 2 aromatic rings. The standard InChI is InChI=1S/C20H20N2O4/c1-24-19-9-4-14(12-21)11-18(19)22-20(23)15-5-7-16(8-6-15)26-13-17-3-2-10-25-17/h4-9,11,17H,2-3,10,13H2,1H3,(H,22,23). The van der Waals surface area contributed by atoms with Crippen LogP contribution in [0.1, 0.15) is 28.8 Å². The molecule has 1 atom stereocenters. The third-order valence-corrected chi connectivity index (χ3v) is 4.15. The van der Waals surface area contributed by atoms with Gasteiger partial charge in [-0.25, -0.2) is 0 Å². The van der Waals surface area contributed by atoms with E-state index in [1.54, 1.807) is 42.5 Å². The summed E-state index contributed by atoms with van der Waals surface area (Å²) in [5.74, 6) is 0.902. The molecule has 0 saturated carbocycles. The van der Waals surface area contributed by atoms with Crippen LogP contribution in [-0.2, 0) is 4.74 Å². The molecule has 1 saturated heterocycles. The Bertz CT molecular complexity index is 806. The van der Waals surface area contributed by atoms with Gasteiger partial charge in [0, 0.05) is 12.2 Å². The Balaban J connectivity index is 1.64. The smallest absolute Gasteiger partial charge is 0.255 e. The van der Waals surface area contributed by atoms with Crippen molar-refractivity contribution in [3.63, 3.8) is 0 Å². The number of hydrogen-bond acceptors (Lipinski definition) is 5. The minimum Gasteiger partial charge on any atom is -0.495 e. The molecule has 0 aliphatic carbocycles. The SMILES string of the molecule is COc1ccc(C#N)cc1NC(=O)c1ccc(OCC2CCCO2)cc1. The molecule has 1 heterocycles. The van der Waals surface area contributed by atoms with Crippen molar-refractivity contribution in [2.45, 2.75) is 18.9 Å². The van der Waals surface area contributed by atoms with E-state index in [9.17, 15) is 4.79 Å². The maximum Gasteiger partial charge on any atom is 0.255 e. The largest absolute Gasteiger partial charge is 0.495 e. The second kappa shape index (κ2) is 8.37. The summed E-state index contributed by atoms with van der Waals surface area (Å²) in [5, 5.41) is 11.8. The highest BCUT2D eigenvalue weighted by molar-refractivity contribution is 6.05. The zero-order chi connectivity index (χ0) is 18.4. The van der Waals surface area contributed by atoms with Crippen LogP contribution in [0.5, 0.6) is 11.5 Å². The molecule has 1 amide bonds. The fraction of sp³-hybridized carbons (Fsp3) is 0.300. The number of carbonyl (C=O) groups excluding carboxylic acids is 1. The number of nitrogens with zero attached hydrogens (tertiary/aromatic N) is 1. The Hall–Kier alpha value is -3.04. The summed E-state index contributed by atoms with van der Waals surface area (Å²) < 4.78 is 16.4. The molecule has 2 aromatic carbocycles. The second-order valence-corrected chi connectivity index (χ2v) is 5.95. The fourth-order valence-electron chi connectivity index (χ4n) is 2.74. The quantitative estimate of drug-likeness (QED) is 0.862. The van der Waals surface area contributed by atoms with Crippen LogP contribution in [0.15, 0.2) is 42.5 Å². The second-order valence-electron chi connectivity index (χ2n) is 5.95. The topological polar surface area (TPSA) is 80.6 Å². The fourth-order valence-corrected chi connectivity index (χ4v) is 2.74. The lowest BCUT2D eigenvalue weighted by Gasteiger charge is -2.12. The summed E-state index contributed by atoms with van der Waals surface area (Å²) in [6.45, 7) is 1.31. The van der Waals surface area contributed by atoms with E-state index in [4.69, 9.17) is 19.5 Å². The molecule has 3 rings (SSSR count). The van der Waals surface area contributed by atoms with Crippen LogP contribution >= 0.6 is 0 Å². The van der Waals surface area contributed by atoms with Crippen molar-refractivity contribution in [3.8, 4) is 17.6 Å². The van der Waals surface area contributed by atoms with Crippen molar-refractivity contribution in [3.05, 3.63) is 53.6 Å². The summed E-state index contributed by atoms with van der Waals surface area (Å²) in [4.78, 5) is 12.4. The van der Waals surface area contributed by atoms with E-state index in [-0.39, 0.29) is 12.0 Å². The summed E-state index contributed by atoms with van der Waals surface area (Å²) >= 11 is 0. The third kappa shape index (κ3) is 4.32. The average Bonchev–Trinajstić information content (AvgIpc) is 3.20. The highest BCUT2D eigenvalue weighted by Crippen LogP contribution is 2.26. The minimum atomic E-state index is -0.288. The number of amides is 1. The third-order valence-electron chi connectivity index (χ3n) is 4.15. The Kier molecular flexibility index (Phi) is 5.72. The number of methoxy groups -OCH3 is 1. The molecule has 0 spiro atoms. The number of benzene rings is 2. The molecule has 0 bridgehead atoms. The van der Waals surface area contributed by atoms with Crippen molar-refractivity contribution in [2.24, 2.45) is 0 Å². The average molecular weight is 352 g/mol. The number of anilines is 1. The lowest BCUT2D eigenvalue weighted by molar-refractivity contribution is 0.0679. The highest BCUT2D eigenvalue weighted by Gasteiger charge is 2.16. The molecule has 6 nitrogen and oxygen atoms in total. The van der Waals surface area contributed by atoms with Crippen LogP contribution < -0.4 is 14.8 Å². The van der Waals surface area contributed by atoms with Gasteiger partial charge in [0.25, 0.3) is 5.91 Å². The summed E-state index contributed by atoms with van der Waals surface area (Å²) in [6.07, 6.45) is 2.24. The van der Waals surface area contributed by atoms with Gasteiger partial charge in [-0.05, 0) is 55.3 Å². The van der Waals surface area contributed by atoms with Crippen LogP contribution in [0.25, 0.3) is 0 Å². The molecule has 1 aliphatic heterocycles. The molecular formula is C20H20N2O4. The van der Waals surface area contributed by atoms with Gasteiger partial charge in [-0.3, -0.25) is 4.79 Å². The Morgan fingerprint density at radius 2 is 2.12 bits per heavy atom. The van der Waals surface area contributed by atoms with E-state index in [1.165, 1.54) is 7.11 Å². The number of ether oxygens (including phenoxy) is 3. The lowest BCUT2D eigenvalue weighted by atomic mass is 10.1. The maximum absolute atomic E-state index is 12.4. The first-order valence-electron chi connectivity index (χ1n) is 8.43. The molecule has 0 radical (unpaired) electrons. The Morgan fingerprint density at radius 1 is 1.31 bits per heavy atom. The van der Waals surface area contributed by atoms with E-state index in [1.807, 2.05) is 6.07 Å². The first-order chi connectivity index (χ1) is 12.7. The lowest BCUT2D eigenvalue weighted by Crippen LogP contribution is -2.16. The van der Waals surface area contributed by atoms with Gasteiger partial charge in [0.15, 0.2) is 0 Å². The van der Waals surface area contributed by atoms with Crippen molar-refractivity contribution >= 4 is 11.6 Å². The van der Waals surface area contributed by atoms with Gasteiger partial charge in [0.1, 0.15) is 18.1 Å². The first kappa shape index (κ1) is 17.8. The molecule has 1 fully saturated rings. The number of nitriles is 1. The Morgan fingerprint density at radius 3 is 2.77 bits per heavy atom. The molecular weight excluding hydrogens is 332 g/mol. The molecule has 134 valence electrons. The van der Waals surface area contributed by atoms with E-state index in [0.29, 0.717) is 34.9 Å². The molecule has 1 N–H and O–H groups in total. The molecule has 0 aromatic heterocycles. The summed E-state index contributed by atoms with van der Waals surface area (Å²) in [6, 6.07) is 13.8.